The van der Waals surface area contributed by atoms with Gasteiger partial charge in [-0.05, 0) is 47.9 Å². The second-order valence-corrected chi connectivity index (χ2v) is 9.11. The van der Waals surface area contributed by atoms with Gasteiger partial charge in [0, 0.05) is 11.1 Å². The fourth-order valence-corrected chi connectivity index (χ4v) is 4.74. The van der Waals surface area contributed by atoms with Crippen molar-refractivity contribution in [2.45, 2.75) is 6.54 Å². The van der Waals surface area contributed by atoms with Gasteiger partial charge < -0.3 is 10.1 Å². The maximum absolute atomic E-state index is 13.2. The van der Waals surface area contributed by atoms with Gasteiger partial charge in [-0.15, -0.1) is 11.3 Å². The lowest BCUT2D eigenvalue weighted by Crippen LogP contribution is -2.32. The molecule has 0 saturated carbocycles. The van der Waals surface area contributed by atoms with Crippen molar-refractivity contribution in [2.75, 3.05) is 17.8 Å². The maximum atomic E-state index is 13.2. The van der Waals surface area contributed by atoms with Crippen molar-refractivity contribution in [2.24, 2.45) is 4.99 Å². The van der Waals surface area contributed by atoms with Gasteiger partial charge in [-0.1, -0.05) is 35.5 Å². The third kappa shape index (κ3) is 5.62. The number of aliphatic imine (C=N–C) groups is 1. The quantitative estimate of drug-likeness (QED) is 0.481. The first-order valence-electron chi connectivity index (χ1n) is 9.86. The second kappa shape index (κ2) is 10.7. The Kier molecular flexibility index (Phi) is 7.43. The van der Waals surface area contributed by atoms with E-state index >= 15 is 0 Å². The Morgan fingerprint density at radius 3 is 2.85 bits per heavy atom. The zero-order valence-electron chi connectivity index (χ0n) is 17.5. The Morgan fingerprint density at radius 2 is 2.15 bits per heavy atom. The number of pyridine rings is 1. The van der Waals surface area contributed by atoms with Gasteiger partial charge in [0.25, 0.3) is 5.91 Å². The smallest absolute Gasteiger partial charge is 0.283 e. The van der Waals surface area contributed by atoms with Crippen LogP contribution >= 0.6 is 34.7 Å². The van der Waals surface area contributed by atoms with Crippen LogP contribution in [0.1, 0.15) is 10.6 Å². The number of nitrogens with zero attached hydrogens (tertiary/aromatic N) is 3. The Hall–Kier alpha value is -3.14. The van der Waals surface area contributed by atoms with E-state index in [1.54, 1.807) is 30.5 Å². The van der Waals surface area contributed by atoms with Gasteiger partial charge in [-0.25, -0.2) is 4.99 Å². The van der Waals surface area contributed by atoms with Crippen LogP contribution in [-0.4, -0.2) is 34.8 Å². The van der Waals surface area contributed by atoms with Crippen molar-refractivity contribution in [3.63, 3.8) is 0 Å². The lowest BCUT2D eigenvalue weighted by atomic mass is 10.2. The van der Waals surface area contributed by atoms with Crippen LogP contribution in [0.25, 0.3) is 6.08 Å². The number of nitrogens with one attached hydrogen (secondary N) is 1. The molecular weight excluding hydrogens is 480 g/mol. The van der Waals surface area contributed by atoms with Crippen molar-refractivity contribution in [3.05, 3.63) is 81.4 Å². The number of anilines is 1. The molecule has 0 aliphatic carbocycles. The first kappa shape index (κ1) is 23.0. The summed E-state index contributed by atoms with van der Waals surface area (Å²) in [6, 6.07) is 14.4. The Labute approximate surface area is 204 Å². The standard InChI is InChI=1S/C23H19ClN4O3S2/c1-31-20-8-7-16(11-18(20)24)28-22(30)19(12-17-6-4-10-32-17)27-23(28)33-14-21(29)26-13-15-5-2-3-9-25-15/h2-12H,13-14H2,1H3,(H,26,29)/b19-12-. The van der Waals surface area contributed by atoms with Gasteiger partial charge in [0.15, 0.2) is 5.17 Å². The minimum atomic E-state index is -0.291. The van der Waals surface area contributed by atoms with Crippen LogP contribution < -0.4 is 15.0 Å². The first-order chi connectivity index (χ1) is 16.0. The summed E-state index contributed by atoms with van der Waals surface area (Å²) >= 11 is 8.98. The SMILES string of the molecule is COc1ccc(N2C(=O)/C(=C/c3cccs3)N=C2SCC(=O)NCc2ccccn2)cc1Cl. The highest BCUT2D eigenvalue weighted by Gasteiger charge is 2.32. The molecule has 33 heavy (non-hydrogen) atoms. The number of methoxy groups -OCH3 is 1. The van der Waals surface area contributed by atoms with E-state index in [9.17, 15) is 9.59 Å². The number of thiophene rings is 1. The number of thioether (sulfide) groups is 1. The number of amidine groups is 1. The van der Waals surface area contributed by atoms with Crippen molar-refractivity contribution in [3.8, 4) is 5.75 Å². The molecule has 10 heteroatoms. The monoisotopic (exact) mass is 498 g/mol. The van der Waals surface area contributed by atoms with Crippen LogP contribution in [0.3, 0.4) is 0 Å². The van der Waals surface area contributed by atoms with Gasteiger partial charge >= 0.3 is 0 Å². The van der Waals surface area contributed by atoms with E-state index in [2.05, 4.69) is 15.3 Å². The van der Waals surface area contributed by atoms with E-state index in [1.807, 2.05) is 35.7 Å². The Balaban J connectivity index is 1.53. The molecule has 0 atom stereocenters. The highest BCUT2D eigenvalue weighted by molar-refractivity contribution is 8.14. The predicted molar refractivity (Wildman–Crippen MR) is 134 cm³/mol. The second-order valence-electron chi connectivity index (χ2n) is 6.79. The average molecular weight is 499 g/mol. The normalized spacial score (nSPS) is 14.5. The minimum Gasteiger partial charge on any atom is -0.495 e. The van der Waals surface area contributed by atoms with Crippen molar-refractivity contribution < 1.29 is 14.3 Å². The van der Waals surface area contributed by atoms with Gasteiger partial charge in [-0.3, -0.25) is 19.5 Å². The summed E-state index contributed by atoms with van der Waals surface area (Å²) in [6.45, 7) is 0.326. The molecule has 0 saturated heterocycles. The topological polar surface area (TPSA) is 83.9 Å². The Morgan fingerprint density at radius 1 is 1.27 bits per heavy atom. The number of carbonyl (C=O) groups excluding carboxylic acids is 2. The summed E-state index contributed by atoms with van der Waals surface area (Å²) in [5, 5.41) is 5.53. The molecule has 168 valence electrons. The van der Waals surface area contributed by atoms with Crippen LogP contribution in [0, 0.1) is 0 Å². The molecule has 0 fully saturated rings. The highest BCUT2D eigenvalue weighted by Crippen LogP contribution is 2.34. The Bertz CT molecular complexity index is 1210. The molecule has 0 bridgehead atoms. The zero-order valence-corrected chi connectivity index (χ0v) is 19.9. The fraction of sp³-hybridized carbons (Fsp3) is 0.130. The molecule has 0 unspecified atom stereocenters. The van der Waals surface area contributed by atoms with Crippen LogP contribution in [0.2, 0.25) is 5.02 Å². The van der Waals surface area contributed by atoms with Crippen LogP contribution in [0.15, 0.2) is 70.8 Å². The van der Waals surface area contributed by atoms with Gasteiger partial charge in [-0.2, -0.15) is 0 Å². The number of hydrogen-bond donors (Lipinski definition) is 1. The fourth-order valence-electron chi connectivity index (χ4n) is 3.00. The third-order valence-corrected chi connectivity index (χ3v) is 6.62. The lowest BCUT2D eigenvalue weighted by Gasteiger charge is -2.18. The molecule has 4 rings (SSSR count). The molecule has 1 aliphatic heterocycles. The molecule has 1 N–H and O–H groups in total. The summed E-state index contributed by atoms with van der Waals surface area (Å²) < 4.78 is 5.21. The molecule has 1 aliphatic rings. The molecule has 0 spiro atoms. The van der Waals surface area contributed by atoms with Gasteiger partial charge in [0.2, 0.25) is 5.91 Å². The summed E-state index contributed by atoms with van der Waals surface area (Å²) in [6.07, 6.45) is 3.41. The number of hydrogen-bond acceptors (Lipinski definition) is 7. The summed E-state index contributed by atoms with van der Waals surface area (Å²) in [5.74, 6) is 0.109. The van der Waals surface area contributed by atoms with E-state index in [0.717, 1.165) is 10.6 Å². The van der Waals surface area contributed by atoms with Gasteiger partial charge in [0.05, 0.1) is 35.8 Å². The zero-order chi connectivity index (χ0) is 23.2. The molecular formula is C23H19ClN4O3S2. The number of ether oxygens (including phenoxy) is 1. The summed E-state index contributed by atoms with van der Waals surface area (Å²) in [4.78, 5) is 36.7. The minimum absolute atomic E-state index is 0.0889. The molecule has 0 radical (unpaired) electrons. The lowest BCUT2D eigenvalue weighted by molar-refractivity contribution is -0.118. The number of amides is 2. The highest BCUT2D eigenvalue weighted by atomic mass is 35.5. The van der Waals surface area contributed by atoms with E-state index < -0.39 is 0 Å². The number of carbonyl (C=O) groups is 2. The van der Waals surface area contributed by atoms with Crippen molar-refractivity contribution in [1.29, 1.82) is 0 Å². The number of rotatable bonds is 7. The molecule has 3 aromatic rings. The average Bonchev–Trinajstić information content (AvgIpc) is 3.45. The number of aromatic nitrogens is 1. The maximum Gasteiger partial charge on any atom is 0.283 e. The third-order valence-electron chi connectivity index (χ3n) is 4.57. The molecule has 3 heterocycles. The molecule has 2 aromatic heterocycles. The molecule has 2 amide bonds. The largest absolute Gasteiger partial charge is 0.495 e. The summed E-state index contributed by atoms with van der Waals surface area (Å²) in [5.41, 5.74) is 1.60. The number of benzene rings is 1. The summed E-state index contributed by atoms with van der Waals surface area (Å²) in [7, 11) is 1.52. The van der Waals surface area contributed by atoms with E-state index in [1.165, 1.54) is 35.1 Å². The van der Waals surface area contributed by atoms with E-state index in [0.29, 0.717) is 33.9 Å². The van der Waals surface area contributed by atoms with E-state index in [4.69, 9.17) is 16.3 Å². The van der Waals surface area contributed by atoms with Crippen molar-refractivity contribution >= 4 is 63.4 Å². The molecule has 7 nitrogen and oxygen atoms in total. The van der Waals surface area contributed by atoms with Crippen molar-refractivity contribution in [1.82, 2.24) is 10.3 Å². The van der Waals surface area contributed by atoms with Crippen LogP contribution in [-0.2, 0) is 16.1 Å². The predicted octanol–water partition coefficient (Wildman–Crippen LogP) is 4.60. The van der Waals surface area contributed by atoms with E-state index in [-0.39, 0.29) is 17.6 Å². The van der Waals surface area contributed by atoms with Crippen LogP contribution in [0.5, 0.6) is 5.75 Å². The number of halogens is 1. The van der Waals surface area contributed by atoms with Gasteiger partial charge in [0.1, 0.15) is 11.4 Å². The molecule has 1 aromatic carbocycles. The van der Waals surface area contributed by atoms with Crippen LogP contribution in [0.4, 0.5) is 5.69 Å². The first-order valence-corrected chi connectivity index (χ1v) is 12.1.